The Labute approximate surface area is 230 Å². The van der Waals surface area contributed by atoms with E-state index in [0.717, 1.165) is 30.3 Å². The van der Waals surface area contributed by atoms with Gasteiger partial charge < -0.3 is 34.9 Å². The summed E-state index contributed by atoms with van der Waals surface area (Å²) in [6.07, 6.45) is -2.01. The van der Waals surface area contributed by atoms with Gasteiger partial charge in [0.2, 0.25) is 5.82 Å². The van der Waals surface area contributed by atoms with Crippen molar-refractivity contribution < 1.29 is 47.8 Å². The van der Waals surface area contributed by atoms with Gasteiger partial charge in [0, 0.05) is 30.4 Å². The van der Waals surface area contributed by atoms with E-state index in [1.165, 1.54) is 24.7 Å². The number of nitro benzene ring substituents is 1. The molecule has 0 saturated carbocycles. The molecule has 1 fully saturated rings. The molecule has 1 saturated heterocycles. The third kappa shape index (κ3) is 7.09. The number of aliphatic hydroxyl groups excluding tert-OH is 2. The first-order valence-electron chi connectivity index (χ1n) is 11.7. The van der Waals surface area contributed by atoms with Crippen LogP contribution in [0.25, 0.3) is 0 Å². The number of ether oxygens (including phenoxy) is 2. The van der Waals surface area contributed by atoms with Gasteiger partial charge in [-0.25, -0.2) is 19.2 Å². The van der Waals surface area contributed by atoms with Gasteiger partial charge in [-0.05, 0) is 12.1 Å². The molecule has 0 aliphatic carbocycles. The molecule has 3 heterocycles. The number of rotatable bonds is 13. The summed E-state index contributed by atoms with van der Waals surface area (Å²) in [7, 11) is -3.43. The number of H-pyrrole nitrogens is 1. The highest BCUT2D eigenvalue weighted by molar-refractivity contribution is 7.52. The van der Waals surface area contributed by atoms with E-state index >= 15 is 0 Å². The fraction of sp³-hybridized carbons (Fsp3) is 0.381. The molecule has 1 aliphatic rings. The number of nitrogens with zero attached hydrogens (tertiary/aromatic N) is 5. The second kappa shape index (κ2) is 12.5. The maximum atomic E-state index is 13.9. The largest absolute Gasteiger partial charge is 0.468 e. The van der Waals surface area contributed by atoms with Crippen molar-refractivity contribution in [2.24, 2.45) is 5.73 Å². The van der Waals surface area contributed by atoms with Crippen LogP contribution in [0.1, 0.15) is 22.5 Å². The van der Waals surface area contributed by atoms with E-state index in [4.69, 9.17) is 24.3 Å². The number of imidazole rings is 1. The van der Waals surface area contributed by atoms with Crippen LogP contribution in [0.5, 0.6) is 5.75 Å². The lowest BCUT2D eigenvalue weighted by molar-refractivity contribution is -0.384. The molecule has 4 rings (SSSR count). The van der Waals surface area contributed by atoms with E-state index in [1.807, 2.05) is 0 Å². The minimum Gasteiger partial charge on any atom is -0.468 e. The average molecular weight is 596 g/mol. The van der Waals surface area contributed by atoms with Crippen LogP contribution in [0.15, 0.2) is 43.1 Å². The summed E-state index contributed by atoms with van der Waals surface area (Å²) in [5.74, 6) is -2.24. The molecule has 220 valence electrons. The van der Waals surface area contributed by atoms with Crippen LogP contribution in [0, 0.1) is 10.1 Å². The molecule has 2 aromatic heterocycles. The summed E-state index contributed by atoms with van der Waals surface area (Å²) >= 11 is 0. The number of amides is 1. The summed E-state index contributed by atoms with van der Waals surface area (Å²) in [5, 5.41) is 38.3. The third-order valence-corrected chi connectivity index (χ3v) is 7.36. The minimum atomic E-state index is -4.54. The van der Waals surface area contributed by atoms with Gasteiger partial charge in [-0.15, -0.1) is 5.10 Å². The first-order valence-corrected chi connectivity index (χ1v) is 13.3. The zero-order valence-corrected chi connectivity index (χ0v) is 22.1. The first-order chi connectivity index (χ1) is 19.5. The highest BCUT2D eigenvalue weighted by atomic mass is 31.2. The third-order valence-electron chi connectivity index (χ3n) is 5.79. The number of nitrogens with two attached hydrogens (primary N) is 1. The number of carbonyl (C=O) groups excluding carboxylic acids is 2. The molecular formula is C21H25N8O11P. The fourth-order valence-corrected chi connectivity index (χ4v) is 5.26. The number of carbonyl (C=O) groups is 2. The summed E-state index contributed by atoms with van der Waals surface area (Å²) < 4.78 is 36.4. The predicted molar refractivity (Wildman–Crippen MR) is 133 cm³/mol. The van der Waals surface area contributed by atoms with Crippen molar-refractivity contribution in [2.75, 3.05) is 13.7 Å². The van der Waals surface area contributed by atoms with Crippen LogP contribution in [0.2, 0.25) is 0 Å². The van der Waals surface area contributed by atoms with E-state index in [2.05, 4.69) is 25.1 Å². The van der Waals surface area contributed by atoms with Gasteiger partial charge in [0.25, 0.3) is 11.6 Å². The van der Waals surface area contributed by atoms with Crippen molar-refractivity contribution in [1.82, 2.24) is 29.8 Å². The Bertz CT molecular complexity index is 1420. The first kappa shape index (κ1) is 29.7. The zero-order chi connectivity index (χ0) is 29.7. The number of non-ortho nitro benzene ring substituents is 1. The lowest BCUT2D eigenvalue weighted by atomic mass is 10.1. The van der Waals surface area contributed by atoms with E-state index in [0.29, 0.717) is 5.69 Å². The van der Waals surface area contributed by atoms with E-state index < -0.39 is 61.7 Å². The summed E-state index contributed by atoms with van der Waals surface area (Å²) in [4.78, 5) is 44.5. The Balaban J connectivity index is 1.54. The van der Waals surface area contributed by atoms with Gasteiger partial charge in [-0.2, -0.15) is 5.09 Å². The van der Waals surface area contributed by atoms with Crippen LogP contribution < -0.4 is 15.3 Å². The van der Waals surface area contributed by atoms with Gasteiger partial charge in [-0.1, -0.05) is 0 Å². The molecule has 19 nitrogen and oxygen atoms in total. The lowest BCUT2D eigenvalue weighted by Crippen LogP contribution is -2.40. The molecule has 0 bridgehead atoms. The van der Waals surface area contributed by atoms with Crippen molar-refractivity contribution >= 4 is 25.3 Å². The number of aromatic amines is 1. The molecule has 1 amide bonds. The van der Waals surface area contributed by atoms with Crippen LogP contribution in [0.3, 0.4) is 0 Å². The number of hydrogen-bond donors (Lipinski definition) is 5. The molecule has 0 radical (unpaired) electrons. The number of nitrogens with one attached hydrogen (secondary N) is 2. The van der Waals surface area contributed by atoms with E-state index in [9.17, 15) is 34.5 Å². The molecule has 20 heteroatoms. The van der Waals surface area contributed by atoms with Crippen molar-refractivity contribution in [1.29, 1.82) is 0 Å². The number of methoxy groups -OCH3 is 1. The van der Waals surface area contributed by atoms with Crippen molar-refractivity contribution in [3.8, 4) is 5.75 Å². The summed E-state index contributed by atoms with van der Waals surface area (Å²) in [6, 6.07) is 3.25. The van der Waals surface area contributed by atoms with E-state index in [-0.39, 0.29) is 23.7 Å². The quantitative estimate of drug-likeness (QED) is 0.0700. The zero-order valence-electron chi connectivity index (χ0n) is 21.2. The number of benzene rings is 1. The second-order valence-corrected chi connectivity index (χ2v) is 10.3. The molecule has 0 spiro atoms. The van der Waals surface area contributed by atoms with Crippen LogP contribution in [-0.4, -0.2) is 89.8 Å². The van der Waals surface area contributed by atoms with Crippen molar-refractivity contribution in [2.45, 2.75) is 37.0 Å². The van der Waals surface area contributed by atoms with Gasteiger partial charge in [0.15, 0.2) is 6.23 Å². The normalized spacial score (nSPS) is 22.5. The SMILES string of the molecule is COC(=O)[C@H](Cc1cnc[nH]1)NP(=O)(OC[C@H]1O[C@@H](n2cnc(C(N)=O)n2)[C@H](O)[C@@H]1O)Oc1ccc([N+](=O)[O-])cc1. The topological polar surface area (TPSA) is 269 Å². The standard InChI is InChI=1S/C21H25N8O11P/c1-37-21(33)14(6-11-7-23-9-24-11)27-41(36,40-13-4-2-12(3-5-13)29(34)35)38-8-15-16(30)17(31)20(39-15)28-10-25-19(26-28)18(22)32/h2-5,7,9-10,14-17,20,30-31H,6,8H2,1H3,(H2,22,32)(H,23,24)(H,27,36)/t14-,15+,16+,17+,20+,41?/m0/s1. The number of aliphatic hydroxyl groups is 2. The molecule has 1 aliphatic heterocycles. The Morgan fingerprint density at radius 1 is 1.32 bits per heavy atom. The van der Waals surface area contributed by atoms with Crippen LogP contribution >= 0.6 is 7.75 Å². The molecule has 1 unspecified atom stereocenters. The number of esters is 1. The fourth-order valence-electron chi connectivity index (χ4n) is 3.76. The second-order valence-electron chi connectivity index (χ2n) is 8.58. The van der Waals surface area contributed by atoms with E-state index in [1.54, 1.807) is 0 Å². The Morgan fingerprint density at radius 3 is 2.63 bits per heavy atom. The maximum Gasteiger partial charge on any atom is 0.459 e. The van der Waals surface area contributed by atoms with Crippen LogP contribution in [-0.2, 0) is 29.8 Å². The Kier molecular flexibility index (Phi) is 9.06. The number of aromatic nitrogens is 5. The number of nitro groups is 1. The van der Waals surface area contributed by atoms with Crippen LogP contribution in [0.4, 0.5) is 5.69 Å². The molecule has 6 N–H and O–H groups in total. The average Bonchev–Trinajstić information content (AvgIpc) is 3.69. The number of primary amides is 1. The maximum absolute atomic E-state index is 13.9. The summed E-state index contributed by atoms with van der Waals surface area (Å²) in [5.41, 5.74) is 5.35. The van der Waals surface area contributed by atoms with Crippen molar-refractivity contribution in [3.63, 3.8) is 0 Å². The molecule has 41 heavy (non-hydrogen) atoms. The minimum absolute atomic E-state index is 0.0819. The molecule has 3 aromatic rings. The molecular weight excluding hydrogens is 571 g/mol. The molecule has 6 atom stereocenters. The Hall–Kier alpha value is -4.26. The Morgan fingerprint density at radius 2 is 2.05 bits per heavy atom. The predicted octanol–water partition coefficient (Wildman–Crippen LogP) is -0.795. The summed E-state index contributed by atoms with van der Waals surface area (Å²) in [6.45, 7) is -0.651. The number of hydrogen-bond acceptors (Lipinski definition) is 14. The highest BCUT2D eigenvalue weighted by Gasteiger charge is 2.46. The highest BCUT2D eigenvalue weighted by Crippen LogP contribution is 2.46. The van der Waals surface area contributed by atoms with Gasteiger partial charge >= 0.3 is 13.7 Å². The molecule has 1 aromatic carbocycles. The monoisotopic (exact) mass is 596 g/mol. The smallest absolute Gasteiger partial charge is 0.459 e. The van der Waals surface area contributed by atoms with Gasteiger partial charge in [0.05, 0.1) is 25.0 Å². The van der Waals surface area contributed by atoms with Gasteiger partial charge in [0.1, 0.15) is 36.4 Å². The van der Waals surface area contributed by atoms with Crippen molar-refractivity contribution in [3.05, 3.63) is 64.7 Å². The lowest BCUT2D eigenvalue weighted by Gasteiger charge is -2.25. The van der Waals surface area contributed by atoms with Gasteiger partial charge in [-0.3, -0.25) is 24.2 Å².